The lowest BCUT2D eigenvalue weighted by Crippen LogP contribution is -2.64. The maximum absolute atomic E-state index is 13.2. The van der Waals surface area contributed by atoms with Crippen molar-refractivity contribution >= 4 is 56.3 Å². The highest BCUT2D eigenvalue weighted by atomic mass is 16.5. The fourth-order valence-electron chi connectivity index (χ4n) is 9.56. The van der Waals surface area contributed by atoms with Crippen molar-refractivity contribution in [2.75, 3.05) is 24.5 Å². The van der Waals surface area contributed by atoms with Crippen molar-refractivity contribution in [3.05, 3.63) is 107 Å². The summed E-state index contributed by atoms with van der Waals surface area (Å²) in [5.74, 6) is 5.88. The molecule has 2 unspecified atom stereocenters. The molecule has 0 radical (unpaired) electrons. The van der Waals surface area contributed by atoms with Gasteiger partial charge in [0, 0.05) is 78.5 Å². The number of hydrogen-bond acceptors (Lipinski definition) is 10. The van der Waals surface area contributed by atoms with Crippen molar-refractivity contribution in [3.8, 4) is 34.4 Å². The molecule has 298 valence electrons. The Labute approximate surface area is 342 Å². The van der Waals surface area contributed by atoms with E-state index < -0.39 is 5.41 Å². The van der Waals surface area contributed by atoms with Crippen molar-refractivity contribution in [2.45, 2.75) is 43.3 Å². The number of imide groups is 1. The number of nitrogens with zero attached hydrogens (tertiary/aromatic N) is 6. The Hall–Kier alpha value is -7.11. The molecule has 2 atom stereocenters. The zero-order valence-corrected chi connectivity index (χ0v) is 32.8. The number of hydrogen-bond donors (Lipinski definition) is 2. The van der Waals surface area contributed by atoms with Crippen LogP contribution in [0.4, 0.5) is 5.82 Å². The van der Waals surface area contributed by atoms with Gasteiger partial charge in [-0.25, -0.2) is 9.78 Å². The van der Waals surface area contributed by atoms with Crippen molar-refractivity contribution in [3.63, 3.8) is 0 Å². The number of furan rings is 1. The van der Waals surface area contributed by atoms with E-state index in [1.54, 1.807) is 41.8 Å². The molecule has 5 aromatic heterocycles. The smallest absolute Gasteiger partial charge is 0.328 e. The third kappa shape index (κ3) is 5.64. The Kier molecular flexibility index (Phi) is 8.08. The third-order valence-electron chi connectivity index (χ3n) is 12.8. The van der Waals surface area contributed by atoms with Gasteiger partial charge < -0.3 is 19.4 Å². The zero-order chi connectivity index (χ0) is 40.9. The van der Waals surface area contributed by atoms with Gasteiger partial charge in [-0.15, -0.1) is 0 Å². The number of piperidine rings is 2. The van der Waals surface area contributed by atoms with Gasteiger partial charge in [-0.2, -0.15) is 0 Å². The number of carbonyl (C=O) groups is 3. The molecular weight excluding hydrogens is 761 g/mol. The van der Waals surface area contributed by atoms with Crippen molar-refractivity contribution in [2.24, 2.45) is 20.0 Å². The first-order valence-electron chi connectivity index (χ1n) is 20.1. The molecule has 4 aliphatic heterocycles. The minimum absolute atomic E-state index is 0.0978. The van der Waals surface area contributed by atoms with Crippen molar-refractivity contribution in [1.82, 2.24) is 34.7 Å². The second-order valence-corrected chi connectivity index (χ2v) is 16.3. The van der Waals surface area contributed by atoms with Crippen molar-refractivity contribution in [1.29, 1.82) is 0 Å². The monoisotopic (exact) mass is 798 g/mol. The van der Waals surface area contributed by atoms with Crippen LogP contribution in [0.25, 0.3) is 55.3 Å². The molecule has 2 aromatic carbocycles. The molecule has 14 heteroatoms. The van der Waals surface area contributed by atoms with Crippen LogP contribution in [0, 0.1) is 17.8 Å². The number of rotatable bonds is 6. The van der Waals surface area contributed by atoms with Crippen LogP contribution in [-0.2, 0) is 33.8 Å². The molecule has 9 heterocycles. The lowest BCUT2D eigenvalue weighted by molar-refractivity contribution is -0.151. The predicted octanol–water partition coefficient (Wildman–Crippen LogP) is 4.75. The summed E-state index contributed by atoms with van der Waals surface area (Å²) in [5, 5.41) is 7.97. The third-order valence-corrected chi connectivity index (χ3v) is 12.8. The molecular formula is C46H38N8O6. The lowest BCUT2D eigenvalue weighted by Gasteiger charge is -2.49. The Balaban J connectivity index is 0.803. The minimum Gasteiger partial charge on any atom is -0.464 e. The summed E-state index contributed by atoms with van der Waals surface area (Å²) < 4.78 is 15.2. The number of amides is 3. The minimum atomic E-state index is -0.755. The number of aryl methyl sites for hydroxylation is 2. The largest absolute Gasteiger partial charge is 0.464 e. The van der Waals surface area contributed by atoms with Gasteiger partial charge in [0.05, 0.1) is 47.3 Å². The van der Waals surface area contributed by atoms with Crippen LogP contribution in [0.3, 0.4) is 0 Å². The molecule has 12 rings (SSSR count). The molecule has 3 amide bonds. The van der Waals surface area contributed by atoms with E-state index in [1.807, 2.05) is 60.8 Å². The number of ether oxygens (including phenoxy) is 1. The highest BCUT2D eigenvalue weighted by Gasteiger charge is 2.59. The van der Waals surface area contributed by atoms with E-state index in [9.17, 15) is 19.2 Å². The summed E-state index contributed by atoms with van der Waals surface area (Å²) in [6.45, 7) is 1.56. The average molecular weight is 799 g/mol. The van der Waals surface area contributed by atoms with Gasteiger partial charge in [0.15, 0.2) is 5.82 Å². The Bertz CT molecular complexity index is 3100. The van der Waals surface area contributed by atoms with Gasteiger partial charge in [-0.05, 0) is 73.5 Å². The zero-order valence-electron chi connectivity index (χ0n) is 32.8. The van der Waals surface area contributed by atoms with Crippen LogP contribution in [0.2, 0.25) is 0 Å². The fraction of sp³-hybridized carbons (Fsp3) is 0.283. The summed E-state index contributed by atoms with van der Waals surface area (Å²) >= 11 is 0. The number of morpholine rings is 1. The highest BCUT2D eigenvalue weighted by Crippen LogP contribution is 2.53. The predicted molar refractivity (Wildman–Crippen MR) is 223 cm³/mol. The number of fused-ring (bicyclic) bond motifs is 7. The molecule has 1 aliphatic carbocycles. The first kappa shape index (κ1) is 36.0. The number of carbonyl (C=O) groups excluding carboxylic acids is 3. The second kappa shape index (κ2) is 13.5. The number of aromatic nitrogens is 5. The van der Waals surface area contributed by atoms with Gasteiger partial charge in [0.2, 0.25) is 11.8 Å². The topological polar surface area (TPSA) is 166 Å². The standard InChI is InChI=1S/C46H38N8O6/c1-52-38-17-37(50-41(40(38)53(2)45(52)58)54-22-29-10-11-30(23-54)60-29)31-7-3-6-26-16-36(49-21-33(26)31)27-9-12-35(48-20-27)43(56)47-14-4-5-25-8-13-39-32(15-25)34(24-59-39)46-18-28(19-46)42(55)51-44(46)57/h3,6-9,12-13,15-17,20-21,24,28-30H,10-11,14,18-19,22-23H2,1-2H3,(H,47,56)(H,51,55,57). The SMILES string of the molecule is Cn1c(=O)n(C)c2c(N3CC4CCC(C3)O4)nc(-c3cccc4cc(-c5ccc(C(=O)NCC#Cc6ccc7occ(C89CC(C8)C(=O)NC9=O)c7c6)nc5)ncc34)cc21. The highest BCUT2D eigenvalue weighted by molar-refractivity contribution is 6.09. The van der Waals surface area contributed by atoms with Gasteiger partial charge in [0.1, 0.15) is 16.8 Å². The Morgan fingerprint density at radius 2 is 1.77 bits per heavy atom. The summed E-state index contributed by atoms with van der Waals surface area (Å²) in [5.41, 5.74) is 6.26. The van der Waals surface area contributed by atoms with E-state index >= 15 is 0 Å². The molecule has 0 spiro atoms. The van der Waals surface area contributed by atoms with Crippen LogP contribution in [0.1, 0.15) is 47.3 Å². The quantitative estimate of drug-likeness (QED) is 0.177. The first-order chi connectivity index (χ1) is 29.1. The van der Waals surface area contributed by atoms with Crippen LogP contribution in [0.5, 0.6) is 0 Å². The number of pyridine rings is 3. The summed E-state index contributed by atoms with van der Waals surface area (Å²) in [6.07, 6.45) is 8.43. The van der Waals surface area contributed by atoms with Crippen molar-refractivity contribution < 1.29 is 23.5 Å². The number of benzene rings is 2. The fourth-order valence-corrected chi connectivity index (χ4v) is 9.56. The molecule has 2 N–H and O–H groups in total. The van der Waals surface area contributed by atoms with E-state index in [1.165, 1.54) is 0 Å². The van der Waals surface area contributed by atoms with Gasteiger partial charge in [-0.1, -0.05) is 30.0 Å². The normalized spacial score (nSPS) is 21.8. The van der Waals surface area contributed by atoms with Gasteiger partial charge in [-0.3, -0.25) is 38.8 Å². The summed E-state index contributed by atoms with van der Waals surface area (Å²) in [6, 6.07) is 19.1. The molecule has 1 saturated carbocycles. The average Bonchev–Trinajstić information content (AvgIpc) is 3.90. The van der Waals surface area contributed by atoms with Crippen LogP contribution in [0.15, 0.2) is 88.5 Å². The molecule has 4 saturated heterocycles. The van der Waals surface area contributed by atoms with Crippen LogP contribution >= 0.6 is 0 Å². The Morgan fingerprint density at radius 1 is 0.933 bits per heavy atom. The maximum Gasteiger partial charge on any atom is 0.328 e. The number of nitrogens with one attached hydrogen (secondary N) is 2. The summed E-state index contributed by atoms with van der Waals surface area (Å²) in [7, 11) is 3.60. The van der Waals surface area contributed by atoms with E-state index in [0.717, 1.165) is 81.3 Å². The molecule has 5 fully saturated rings. The number of imidazole rings is 1. The molecule has 14 nitrogen and oxygen atoms in total. The van der Waals surface area contributed by atoms with E-state index in [0.29, 0.717) is 29.7 Å². The van der Waals surface area contributed by atoms with E-state index in [-0.39, 0.29) is 53.8 Å². The lowest BCUT2D eigenvalue weighted by atomic mass is 9.55. The molecule has 60 heavy (non-hydrogen) atoms. The second-order valence-electron chi connectivity index (χ2n) is 16.3. The summed E-state index contributed by atoms with van der Waals surface area (Å²) in [4.78, 5) is 67.7. The number of anilines is 1. The van der Waals surface area contributed by atoms with E-state index in [2.05, 4.69) is 32.4 Å². The Morgan fingerprint density at radius 3 is 2.55 bits per heavy atom. The van der Waals surface area contributed by atoms with Gasteiger partial charge >= 0.3 is 5.69 Å². The molecule has 5 aliphatic rings. The van der Waals surface area contributed by atoms with E-state index in [4.69, 9.17) is 19.1 Å². The first-order valence-corrected chi connectivity index (χ1v) is 20.1. The van der Waals surface area contributed by atoms with Gasteiger partial charge in [0.25, 0.3) is 5.91 Å². The molecule has 7 aromatic rings. The van der Waals surface area contributed by atoms with Crippen LogP contribution in [-0.4, -0.2) is 73.6 Å². The van der Waals surface area contributed by atoms with Crippen LogP contribution < -0.4 is 21.2 Å². The maximum atomic E-state index is 13.2. The molecule has 4 bridgehead atoms.